The van der Waals surface area contributed by atoms with Crippen molar-refractivity contribution in [1.82, 2.24) is 30.0 Å². The number of hydrogen-bond donors (Lipinski definition) is 5. The summed E-state index contributed by atoms with van der Waals surface area (Å²) in [5.41, 5.74) is 9.98. The molecule has 0 aromatic carbocycles. The van der Waals surface area contributed by atoms with Crippen molar-refractivity contribution in [2.24, 2.45) is 11.7 Å². The van der Waals surface area contributed by atoms with Gasteiger partial charge in [-0.25, -0.2) is 9.97 Å². The minimum Gasteiger partial charge on any atom is -0.366 e. The van der Waals surface area contributed by atoms with E-state index >= 15 is 0 Å². The second-order valence-corrected chi connectivity index (χ2v) is 9.43. The minimum absolute atomic E-state index is 0.00599. The highest BCUT2D eigenvalue weighted by Gasteiger charge is 2.29. The Hall–Kier alpha value is -4.58. The van der Waals surface area contributed by atoms with Crippen LogP contribution in [-0.4, -0.2) is 62.0 Å². The van der Waals surface area contributed by atoms with Gasteiger partial charge in [-0.2, -0.15) is 5.10 Å². The van der Waals surface area contributed by atoms with Crippen LogP contribution in [0.2, 0.25) is 0 Å². The predicted molar refractivity (Wildman–Crippen MR) is 139 cm³/mol. The van der Waals surface area contributed by atoms with Crippen molar-refractivity contribution >= 4 is 40.0 Å². The Bertz CT molecular complexity index is 1510. The van der Waals surface area contributed by atoms with Gasteiger partial charge in [-0.3, -0.25) is 19.7 Å². The predicted octanol–water partition coefficient (Wildman–Crippen LogP) is 2.33. The molecule has 0 aliphatic carbocycles. The molecule has 4 aromatic rings. The van der Waals surface area contributed by atoms with E-state index in [1.165, 1.54) is 6.20 Å². The Morgan fingerprint density at radius 3 is 2.70 bits per heavy atom. The molecule has 12 heteroatoms. The van der Waals surface area contributed by atoms with Gasteiger partial charge in [0.15, 0.2) is 11.5 Å². The van der Waals surface area contributed by atoms with E-state index in [0.29, 0.717) is 28.4 Å². The van der Waals surface area contributed by atoms with E-state index in [1.54, 1.807) is 24.7 Å². The third kappa shape index (κ3) is 4.31. The molecule has 0 spiro atoms. The first-order valence-electron chi connectivity index (χ1n) is 12.1. The van der Waals surface area contributed by atoms with Crippen LogP contribution in [-0.2, 0) is 4.79 Å². The number of H-pyrrole nitrogens is 1. The van der Waals surface area contributed by atoms with Gasteiger partial charge < -0.3 is 26.6 Å². The van der Waals surface area contributed by atoms with Crippen LogP contribution < -0.4 is 21.7 Å². The molecule has 1 atom stereocenters. The molecule has 1 saturated heterocycles. The van der Waals surface area contributed by atoms with E-state index in [0.717, 1.165) is 48.1 Å². The maximum absolute atomic E-state index is 12.8. The minimum atomic E-state index is -0.540. The zero-order valence-electron chi connectivity index (χ0n) is 20.2. The Morgan fingerprint density at radius 1 is 1.08 bits per heavy atom. The normalized spacial score (nSPS) is 17.7. The number of rotatable bonds is 5. The number of carbonyl (C=O) groups is 2. The third-order valence-electron chi connectivity index (χ3n) is 6.94. The lowest BCUT2D eigenvalue weighted by atomic mass is 9.96. The second kappa shape index (κ2) is 9.13. The smallest absolute Gasteiger partial charge is 0.250 e. The summed E-state index contributed by atoms with van der Waals surface area (Å²) in [5, 5.41) is 17.7. The third-order valence-corrected chi connectivity index (χ3v) is 6.94. The first kappa shape index (κ1) is 22.9. The van der Waals surface area contributed by atoms with Gasteiger partial charge in [-0.05, 0) is 51.2 Å². The van der Waals surface area contributed by atoms with E-state index < -0.39 is 12.1 Å². The number of primary amides is 1. The van der Waals surface area contributed by atoms with Gasteiger partial charge in [-0.15, -0.1) is 0 Å². The topological polar surface area (TPSA) is 167 Å². The lowest BCUT2D eigenvalue weighted by Gasteiger charge is -2.28. The van der Waals surface area contributed by atoms with Crippen LogP contribution in [0, 0.1) is 5.92 Å². The monoisotopic (exact) mass is 498 g/mol. The highest BCUT2D eigenvalue weighted by molar-refractivity contribution is 6.02. The number of fused-ring (bicyclic) bond motifs is 2. The Morgan fingerprint density at radius 2 is 1.89 bits per heavy atom. The van der Waals surface area contributed by atoms with Crippen LogP contribution in [0.15, 0.2) is 43.0 Å². The summed E-state index contributed by atoms with van der Waals surface area (Å²) in [4.78, 5) is 40.0. The molecule has 2 aliphatic rings. The van der Waals surface area contributed by atoms with Crippen molar-refractivity contribution in [3.8, 4) is 11.1 Å². The average molecular weight is 499 g/mol. The maximum atomic E-state index is 12.8. The van der Waals surface area contributed by atoms with Gasteiger partial charge in [-0.1, -0.05) is 0 Å². The molecule has 188 valence electrons. The molecule has 6 rings (SSSR count). The number of aromatic nitrogens is 5. The van der Waals surface area contributed by atoms with Crippen LogP contribution in [0.3, 0.4) is 0 Å². The van der Waals surface area contributed by atoms with E-state index in [2.05, 4.69) is 53.0 Å². The highest BCUT2D eigenvalue weighted by Crippen LogP contribution is 2.37. The quantitative estimate of drug-likeness (QED) is 0.277. The molecule has 1 unspecified atom stereocenters. The molecule has 2 amide bonds. The second-order valence-electron chi connectivity index (χ2n) is 9.43. The molecule has 0 saturated carbocycles. The van der Waals surface area contributed by atoms with Gasteiger partial charge in [0.05, 0.1) is 28.8 Å². The number of amides is 2. The molecule has 6 heterocycles. The van der Waals surface area contributed by atoms with E-state index in [1.807, 2.05) is 12.1 Å². The number of carbonyl (C=O) groups excluding carboxylic acids is 2. The highest BCUT2D eigenvalue weighted by atomic mass is 16.2. The number of nitrogens with two attached hydrogens (primary N) is 1. The number of pyridine rings is 3. The Labute approximate surface area is 212 Å². The van der Waals surface area contributed by atoms with Crippen molar-refractivity contribution in [1.29, 1.82) is 0 Å². The molecule has 6 N–H and O–H groups in total. The lowest BCUT2D eigenvalue weighted by molar-refractivity contribution is -0.121. The molecular weight excluding hydrogens is 472 g/mol. The molecule has 2 aliphatic heterocycles. The fourth-order valence-corrected chi connectivity index (χ4v) is 4.86. The summed E-state index contributed by atoms with van der Waals surface area (Å²) in [6.45, 7) is 1.84. The Balaban J connectivity index is 1.25. The van der Waals surface area contributed by atoms with Crippen LogP contribution in [0.4, 0.5) is 17.2 Å². The van der Waals surface area contributed by atoms with Crippen molar-refractivity contribution in [2.45, 2.75) is 19.0 Å². The van der Waals surface area contributed by atoms with E-state index in [4.69, 9.17) is 5.73 Å². The molecule has 0 bridgehead atoms. The van der Waals surface area contributed by atoms with E-state index in [9.17, 15) is 9.59 Å². The molecule has 4 aromatic heterocycles. The van der Waals surface area contributed by atoms with Crippen molar-refractivity contribution < 1.29 is 9.59 Å². The van der Waals surface area contributed by atoms with Crippen molar-refractivity contribution in [3.63, 3.8) is 0 Å². The summed E-state index contributed by atoms with van der Waals surface area (Å²) in [5.74, 6) is 0.0267. The summed E-state index contributed by atoms with van der Waals surface area (Å²) in [6, 6.07) is 5.44. The zero-order chi connectivity index (χ0) is 25.5. The van der Waals surface area contributed by atoms with Gasteiger partial charge in [0.25, 0.3) is 5.91 Å². The molecular formula is C25H26N10O2. The summed E-state index contributed by atoms with van der Waals surface area (Å²) >= 11 is 0. The average Bonchev–Trinajstić information content (AvgIpc) is 3.52. The number of anilines is 3. The molecule has 37 heavy (non-hydrogen) atoms. The van der Waals surface area contributed by atoms with Crippen LogP contribution in [0.1, 0.15) is 35.1 Å². The molecule has 12 nitrogen and oxygen atoms in total. The summed E-state index contributed by atoms with van der Waals surface area (Å²) in [6.07, 6.45) is 7.93. The first-order chi connectivity index (χ1) is 18.0. The van der Waals surface area contributed by atoms with Gasteiger partial charge in [0.2, 0.25) is 5.91 Å². The molecule has 1 fully saturated rings. The lowest BCUT2D eigenvalue weighted by Crippen LogP contribution is -2.35. The number of nitrogens with zero attached hydrogens (tertiary/aromatic N) is 5. The fraction of sp³-hybridized carbons (Fsp3) is 0.280. The Kier molecular flexibility index (Phi) is 5.64. The fourth-order valence-electron chi connectivity index (χ4n) is 4.86. The van der Waals surface area contributed by atoms with Crippen LogP contribution >= 0.6 is 0 Å². The van der Waals surface area contributed by atoms with Crippen LogP contribution in [0.5, 0.6) is 0 Å². The van der Waals surface area contributed by atoms with Crippen LogP contribution in [0.25, 0.3) is 22.2 Å². The van der Waals surface area contributed by atoms with Crippen molar-refractivity contribution in [2.75, 3.05) is 36.1 Å². The van der Waals surface area contributed by atoms with E-state index in [-0.39, 0.29) is 11.8 Å². The summed E-state index contributed by atoms with van der Waals surface area (Å²) in [7, 11) is 2.07. The number of nitrogens with one attached hydrogen (secondary N) is 4. The SMILES string of the molecule is CN1CCC(C(=O)Nc2cncc(-c3cnc4n[nH]c(C5Nc6nccc(C(N)=O)c6N5)c4c3)c2)CC1. The van der Waals surface area contributed by atoms with Gasteiger partial charge in [0, 0.05) is 41.0 Å². The number of hydrogen-bond acceptors (Lipinski definition) is 9. The van der Waals surface area contributed by atoms with Gasteiger partial charge in [0.1, 0.15) is 6.17 Å². The van der Waals surface area contributed by atoms with Crippen molar-refractivity contribution in [3.05, 3.63) is 54.2 Å². The zero-order valence-corrected chi connectivity index (χ0v) is 20.2. The van der Waals surface area contributed by atoms with Gasteiger partial charge >= 0.3 is 0 Å². The standard InChI is InChI=1S/C25H26N10O2/c1-35-6-3-13(4-7-35)25(37)30-16-8-14(10-27-12-16)15-9-18-20(33-34-22(18)29-11-15)24-31-19-17(21(26)36)2-5-28-23(19)32-24/h2,5,8-13,24,31H,3-4,6-7H2,1H3,(H2,26,36)(H,28,32)(H,30,37)(H,29,33,34). The molecule has 0 radical (unpaired) electrons. The summed E-state index contributed by atoms with van der Waals surface area (Å²) < 4.78 is 0. The maximum Gasteiger partial charge on any atom is 0.250 e. The largest absolute Gasteiger partial charge is 0.366 e. The number of aromatic amines is 1. The number of piperidine rings is 1. The first-order valence-corrected chi connectivity index (χ1v) is 12.1. The number of likely N-dealkylation sites (tertiary alicyclic amines) is 1.